The molecular formula is C14H9FN2. The van der Waals surface area contributed by atoms with Crippen LogP contribution in [-0.2, 0) is 0 Å². The summed E-state index contributed by atoms with van der Waals surface area (Å²) in [7, 11) is 0. The maximum atomic E-state index is 13.1. The minimum atomic E-state index is -0.242. The van der Waals surface area contributed by atoms with E-state index in [0.717, 1.165) is 22.0 Å². The predicted molar refractivity (Wildman–Crippen MR) is 64.9 cm³/mol. The Kier molecular flexibility index (Phi) is 2.29. The zero-order valence-electron chi connectivity index (χ0n) is 8.97. The van der Waals surface area contributed by atoms with Crippen LogP contribution in [0, 0.1) is 5.82 Å². The fourth-order valence-corrected chi connectivity index (χ4v) is 1.80. The molecule has 0 atom stereocenters. The van der Waals surface area contributed by atoms with Crippen LogP contribution in [0.4, 0.5) is 4.39 Å². The zero-order chi connectivity index (χ0) is 11.7. The second-order valence-corrected chi connectivity index (χ2v) is 3.80. The molecule has 17 heavy (non-hydrogen) atoms. The molecule has 0 fully saturated rings. The van der Waals surface area contributed by atoms with Gasteiger partial charge in [0.1, 0.15) is 5.82 Å². The van der Waals surface area contributed by atoms with Gasteiger partial charge in [-0.25, -0.2) is 4.39 Å². The number of fused-ring (bicyclic) bond motifs is 1. The zero-order valence-corrected chi connectivity index (χ0v) is 8.97. The molecule has 3 aromatic rings. The molecule has 0 spiro atoms. The second kappa shape index (κ2) is 3.94. The molecule has 0 amide bonds. The van der Waals surface area contributed by atoms with E-state index in [9.17, 15) is 4.39 Å². The maximum absolute atomic E-state index is 13.1. The normalized spacial score (nSPS) is 10.6. The highest BCUT2D eigenvalue weighted by Gasteiger charge is 2.01. The highest BCUT2D eigenvalue weighted by Crippen LogP contribution is 2.22. The molecule has 2 nitrogen and oxygen atoms in total. The second-order valence-electron chi connectivity index (χ2n) is 3.80. The summed E-state index contributed by atoms with van der Waals surface area (Å²) in [5.74, 6) is -0.242. The molecule has 2 aromatic heterocycles. The third-order valence-corrected chi connectivity index (χ3v) is 2.64. The van der Waals surface area contributed by atoms with Crippen LogP contribution in [0.3, 0.4) is 0 Å². The summed E-state index contributed by atoms with van der Waals surface area (Å²) in [4.78, 5) is 8.38. The van der Waals surface area contributed by atoms with Crippen LogP contribution >= 0.6 is 0 Å². The predicted octanol–water partition coefficient (Wildman–Crippen LogP) is 3.44. The molecule has 0 aliphatic rings. The van der Waals surface area contributed by atoms with Crippen molar-refractivity contribution in [2.75, 3.05) is 0 Å². The lowest BCUT2D eigenvalue weighted by Crippen LogP contribution is -1.84. The molecule has 0 N–H and O–H groups in total. The Bertz CT molecular complexity index is 680. The molecule has 0 aliphatic carbocycles. The van der Waals surface area contributed by atoms with Crippen molar-refractivity contribution in [3.63, 3.8) is 0 Å². The van der Waals surface area contributed by atoms with Crippen molar-refractivity contribution in [1.82, 2.24) is 9.97 Å². The Labute approximate surface area is 97.8 Å². The summed E-state index contributed by atoms with van der Waals surface area (Å²) < 4.78 is 13.1. The van der Waals surface area contributed by atoms with Crippen LogP contribution in [0.2, 0.25) is 0 Å². The Balaban J connectivity index is 2.18. The minimum absolute atomic E-state index is 0.242. The lowest BCUT2D eigenvalue weighted by atomic mass is 10.1. The lowest BCUT2D eigenvalue weighted by molar-refractivity contribution is 0.628. The van der Waals surface area contributed by atoms with Gasteiger partial charge in [0.05, 0.1) is 5.52 Å². The van der Waals surface area contributed by atoms with Crippen LogP contribution in [0.1, 0.15) is 0 Å². The summed E-state index contributed by atoms with van der Waals surface area (Å²) in [5.41, 5.74) is 2.61. The smallest absolute Gasteiger partial charge is 0.123 e. The van der Waals surface area contributed by atoms with Gasteiger partial charge in [-0.1, -0.05) is 12.1 Å². The third-order valence-electron chi connectivity index (χ3n) is 2.64. The monoisotopic (exact) mass is 224 g/mol. The van der Waals surface area contributed by atoms with Crippen molar-refractivity contribution in [1.29, 1.82) is 0 Å². The average molecular weight is 224 g/mol. The molecular weight excluding hydrogens is 215 g/mol. The van der Waals surface area contributed by atoms with Crippen molar-refractivity contribution < 1.29 is 4.39 Å². The summed E-state index contributed by atoms with van der Waals surface area (Å²) in [6.07, 6.45) is 5.21. The molecule has 2 heterocycles. The Morgan fingerprint density at radius 2 is 1.88 bits per heavy atom. The molecule has 1 aromatic carbocycles. The molecule has 0 saturated carbocycles. The van der Waals surface area contributed by atoms with E-state index < -0.39 is 0 Å². The van der Waals surface area contributed by atoms with Gasteiger partial charge < -0.3 is 0 Å². The summed E-state index contributed by atoms with van der Waals surface area (Å²) in [5, 5.41) is 0.953. The molecule has 0 unspecified atom stereocenters. The first kappa shape index (κ1) is 9.90. The minimum Gasteiger partial charge on any atom is -0.264 e. The van der Waals surface area contributed by atoms with Gasteiger partial charge in [-0.3, -0.25) is 9.97 Å². The van der Waals surface area contributed by atoms with E-state index in [4.69, 9.17) is 0 Å². The average Bonchev–Trinajstić information content (AvgIpc) is 2.38. The van der Waals surface area contributed by atoms with E-state index in [1.54, 1.807) is 24.7 Å². The van der Waals surface area contributed by atoms with Gasteiger partial charge in [0.2, 0.25) is 0 Å². The van der Waals surface area contributed by atoms with Crippen molar-refractivity contribution in [3.8, 4) is 11.1 Å². The van der Waals surface area contributed by atoms with E-state index >= 15 is 0 Å². The lowest BCUT2D eigenvalue weighted by Gasteiger charge is -2.03. The summed E-state index contributed by atoms with van der Waals surface area (Å²) in [6, 6.07) is 10.3. The van der Waals surface area contributed by atoms with E-state index in [-0.39, 0.29) is 5.82 Å². The Morgan fingerprint density at radius 3 is 2.76 bits per heavy atom. The van der Waals surface area contributed by atoms with Gasteiger partial charge in [-0.05, 0) is 29.8 Å². The number of pyridine rings is 2. The van der Waals surface area contributed by atoms with E-state index in [1.807, 2.05) is 18.2 Å². The van der Waals surface area contributed by atoms with Crippen LogP contribution in [0.25, 0.3) is 22.0 Å². The maximum Gasteiger partial charge on any atom is 0.123 e. The van der Waals surface area contributed by atoms with Gasteiger partial charge in [-0.15, -0.1) is 0 Å². The SMILES string of the molecule is Fc1cccc(-c2cnc3ccncc3c2)c1. The van der Waals surface area contributed by atoms with Gasteiger partial charge in [0.15, 0.2) is 0 Å². The fraction of sp³-hybridized carbons (Fsp3) is 0. The highest BCUT2D eigenvalue weighted by molar-refractivity contribution is 5.82. The number of rotatable bonds is 1. The Hall–Kier alpha value is -2.29. The highest BCUT2D eigenvalue weighted by atomic mass is 19.1. The van der Waals surface area contributed by atoms with E-state index in [1.165, 1.54) is 12.1 Å². The van der Waals surface area contributed by atoms with Crippen LogP contribution in [0.5, 0.6) is 0 Å². The first-order chi connectivity index (χ1) is 8.33. The van der Waals surface area contributed by atoms with Gasteiger partial charge in [0.25, 0.3) is 0 Å². The molecule has 0 saturated heterocycles. The number of hydrogen-bond acceptors (Lipinski definition) is 2. The third kappa shape index (κ3) is 1.87. The first-order valence-electron chi connectivity index (χ1n) is 5.29. The molecule has 3 rings (SSSR count). The van der Waals surface area contributed by atoms with Crippen molar-refractivity contribution in [3.05, 3.63) is 60.8 Å². The number of aromatic nitrogens is 2. The van der Waals surface area contributed by atoms with Crippen LogP contribution < -0.4 is 0 Å². The number of nitrogens with zero attached hydrogens (tertiary/aromatic N) is 2. The standard InChI is InChI=1S/C14H9FN2/c15-13-3-1-2-10(7-13)11-6-12-8-16-5-4-14(12)17-9-11/h1-9H. The molecule has 0 radical (unpaired) electrons. The number of benzene rings is 1. The van der Waals surface area contributed by atoms with Gasteiger partial charge >= 0.3 is 0 Å². The molecule has 0 aliphatic heterocycles. The van der Waals surface area contributed by atoms with Gasteiger partial charge in [-0.2, -0.15) is 0 Å². The number of halogens is 1. The molecule has 0 bridgehead atoms. The fourth-order valence-electron chi connectivity index (χ4n) is 1.80. The molecule has 3 heteroatoms. The summed E-state index contributed by atoms with van der Waals surface area (Å²) in [6.45, 7) is 0. The van der Waals surface area contributed by atoms with Gasteiger partial charge in [0, 0.05) is 29.5 Å². The quantitative estimate of drug-likeness (QED) is 0.632. The van der Waals surface area contributed by atoms with Crippen LogP contribution in [0.15, 0.2) is 55.0 Å². The molecule has 82 valence electrons. The van der Waals surface area contributed by atoms with Crippen molar-refractivity contribution in [2.45, 2.75) is 0 Å². The topological polar surface area (TPSA) is 25.8 Å². The number of hydrogen-bond donors (Lipinski definition) is 0. The van der Waals surface area contributed by atoms with Crippen LogP contribution in [-0.4, -0.2) is 9.97 Å². The Morgan fingerprint density at radius 1 is 0.941 bits per heavy atom. The van der Waals surface area contributed by atoms with E-state index in [2.05, 4.69) is 9.97 Å². The summed E-state index contributed by atoms with van der Waals surface area (Å²) >= 11 is 0. The largest absolute Gasteiger partial charge is 0.264 e. The van der Waals surface area contributed by atoms with E-state index in [0.29, 0.717) is 0 Å². The van der Waals surface area contributed by atoms with Crippen molar-refractivity contribution >= 4 is 10.9 Å². The first-order valence-corrected chi connectivity index (χ1v) is 5.29. The van der Waals surface area contributed by atoms with Crippen molar-refractivity contribution in [2.24, 2.45) is 0 Å².